The Kier molecular flexibility index (Phi) is 9.48. The molecule has 0 N–H and O–H groups in total. The molecule has 29 heavy (non-hydrogen) atoms. The number of halogens is 2. The van der Waals surface area contributed by atoms with Gasteiger partial charge in [0, 0.05) is 0 Å². The summed E-state index contributed by atoms with van der Waals surface area (Å²) in [5.41, 5.74) is 0. The van der Waals surface area contributed by atoms with Crippen molar-refractivity contribution in [1.29, 1.82) is 0 Å². The highest BCUT2D eigenvalue weighted by atomic mass is 28.2. The molecule has 2 aliphatic rings. The Labute approximate surface area is 178 Å². The van der Waals surface area contributed by atoms with Gasteiger partial charge in [0.1, 0.15) is 19.0 Å². The zero-order chi connectivity index (χ0) is 20.5. The normalized spacial score (nSPS) is 29.2. The minimum Gasteiger partial charge on any atom is -0.490 e. The molecule has 3 rings (SSSR count). The lowest BCUT2D eigenvalue weighted by atomic mass is 9.69. The topological polar surface area (TPSA) is 9.23 Å². The fourth-order valence-electron chi connectivity index (χ4n) is 5.66. The lowest BCUT2D eigenvalue weighted by molar-refractivity contribution is 0.147. The van der Waals surface area contributed by atoms with Crippen LogP contribution in [0, 0.1) is 23.7 Å². The molecular weight excluding hydrogens is 382 g/mol. The van der Waals surface area contributed by atoms with Crippen LogP contribution in [-0.4, -0.2) is 29.0 Å². The van der Waals surface area contributed by atoms with Gasteiger partial charge in [-0.05, 0) is 61.5 Å². The summed E-state index contributed by atoms with van der Waals surface area (Å²) in [5, 5.41) is 1.45. The first-order chi connectivity index (χ1) is 14.2. The standard InChI is InChI=1S/C25H40F2OSi/c1-2-3-19-4-8-21(9-5-19)22-10-6-20(7-11-22)18-29-25-14-12-24(13-15-25)28-17-23(27)16-26/h12-15,19-23H,2-11,16-18,29H2,1H3/t19-,20-,21-,22-,23?. The molecular formula is C25H40F2OSi. The minimum atomic E-state index is -1.52. The highest BCUT2D eigenvalue weighted by molar-refractivity contribution is 6.53. The fraction of sp³-hybridized carbons (Fsp3) is 0.760. The van der Waals surface area contributed by atoms with Gasteiger partial charge in [-0.1, -0.05) is 68.8 Å². The first kappa shape index (κ1) is 22.8. The second-order valence-electron chi connectivity index (χ2n) is 9.60. The molecule has 0 spiro atoms. The van der Waals surface area contributed by atoms with Crippen molar-refractivity contribution >= 4 is 14.7 Å². The van der Waals surface area contributed by atoms with Gasteiger partial charge in [-0.2, -0.15) is 0 Å². The van der Waals surface area contributed by atoms with Gasteiger partial charge < -0.3 is 4.74 Å². The molecule has 0 amide bonds. The third-order valence-corrected chi connectivity index (χ3v) is 9.66. The van der Waals surface area contributed by atoms with E-state index in [9.17, 15) is 8.78 Å². The average molecular weight is 423 g/mol. The third-order valence-electron chi connectivity index (χ3n) is 7.51. The van der Waals surface area contributed by atoms with Crippen molar-refractivity contribution in [2.75, 3.05) is 13.3 Å². The van der Waals surface area contributed by atoms with Crippen LogP contribution in [0.3, 0.4) is 0 Å². The number of ether oxygens (including phenoxy) is 1. The van der Waals surface area contributed by atoms with E-state index in [-0.39, 0.29) is 16.1 Å². The molecule has 1 nitrogen and oxygen atoms in total. The zero-order valence-electron chi connectivity index (χ0n) is 18.3. The molecule has 0 radical (unpaired) electrons. The predicted molar refractivity (Wildman–Crippen MR) is 122 cm³/mol. The van der Waals surface area contributed by atoms with Crippen molar-refractivity contribution in [1.82, 2.24) is 0 Å². The number of benzene rings is 1. The predicted octanol–water partition coefficient (Wildman–Crippen LogP) is 6.00. The van der Waals surface area contributed by atoms with Crippen molar-refractivity contribution in [3.63, 3.8) is 0 Å². The molecule has 2 saturated carbocycles. The molecule has 0 bridgehead atoms. The summed E-state index contributed by atoms with van der Waals surface area (Å²) in [4.78, 5) is 0. The highest BCUT2D eigenvalue weighted by Gasteiger charge is 2.30. The second-order valence-corrected chi connectivity index (χ2v) is 11.5. The monoisotopic (exact) mass is 422 g/mol. The quantitative estimate of drug-likeness (QED) is 0.420. The number of rotatable bonds is 10. The smallest absolute Gasteiger partial charge is 0.162 e. The van der Waals surface area contributed by atoms with Crippen molar-refractivity contribution in [2.24, 2.45) is 23.7 Å². The van der Waals surface area contributed by atoms with Crippen LogP contribution in [0.25, 0.3) is 0 Å². The van der Waals surface area contributed by atoms with Crippen LogP contribution < -0.4 is 9.92 Å². The molecule has 1 unspecified atom stereocenters. The Morgan fingerprint density at radius 3 is 2.07 bits per heavy atom. The van der Waals surface area contributed by atoms with E-state index in [0.29, 0.717) is 5.75 Å². The molecule has 4 heteroatoms. The summed E-state index contributed by atoms with van der Waals surface area (Å²) in [6.45, 7) is 1.15. The van der Waals surface area contributed by atoms with E-state index in [4.69, 9.17) is 4.74 Å². The zero-order valence-corrected chi connectivity index (χ0v) is 19.7. The average Bonchev–Trinajstić information content (AvgIpc) is 2.78. The molecule has 0 aliphatic heterocycles. The van der Waals surface area contributed by atoms with Crippen LogP contribution in [0.2, 0.25) is 6.04 Å². The Morgan fingerprint density at radius 2 is 1.52 bits per heavy atom. The van der Waals surface area contributed by atoms with Gasteiger partial charge in [0.25, 0.3) is 0 Å². The van der Waals surface area contributed by atoms with E-state index in [1.165, 1.54) is 75.4 Å². The lowest BCUT2D eigenvalue weighted by Crippen LogP contribution is -2.27. The van der Waals surface area contributed by atoms with Crippen LogP contribution in [0.15, 0.2) is 24.3 Å². The van der Waals surface area contributed by atoms with Gasteiger partial charge in [-0.15, -0.1) is 0 Å². The van der Waals surface area contributed by atoms with Crippen molar-refractivity contribution in [2.45, 2.75) is 83.3 Å². The van der Waals surface area contributed by atoms with Crippen LogP contribution >= 0.6 is 0 Å². The maximum atomic E-state index is 12.9. The van der Waals surface area contributed by atoms with Crippen molar-refractivity contribution in [3.05, 3.63) is 24.3 Å². The Bertz CT molecular complexity index is 563. The molecule has 0 heterocycles. The van der Waals surface area contributed by atoms with E-state index in [1.54, 1.807) is 0 Å². The molecule has 0 aromatic heterocycles. The largest absolute Gasteiger partial charge is 0.490 e. The highest BCUT2D eigenvalue weighted by Crippen LogP contribution is 2.42. The molecule has 164 valence electrons. The molecule has 1 aromatic rings. The van der Waals surface area contributed by atoms with Crippen LogP contribution in [-0.2, 0) is 0 Å². The number of hydrogen-bond acceptors (Lipinski definition) is 1. The summed E-state index contributed by atoms with van der Waals surface area (Å²) in [7, 11) is -0.249. The van der Waals surface area contributed by atoms with Crippen LogP contribution in [0.4, 0.5) is 8.78 Å². The van der Waals surface area contributed by atoms with E-state index >= 15 is 0 Å². The van der Waals surface area contributed by atoms with Crippen molar-refractivity contribution < 1.29 is 13.5 Å². The minimum absolute atomic E-state index is 0.198. The maximum Gasteiger partial charge on any atom is 0.162 e. The van der Waals surface area contributed by atoms with Crippen LogP contribution in [0.1, 0.15) is 71.1 Å². The lowest BCUT2D eigenvalue weighted by Gasteiger charge is -2.38. The van der Waals surface area contributed by atoms with Crippen molar-refractivity contribution in [3.8, 4) is 5.75 Å². The molecule has 0 saturated heterocycles. The van der Waals surface area contributed by atoms with E-state index in [1.807, 2.05) is 12.1 Å². The third kappa shape index (κ3) is 7.38. The summed E-state index contributed by atoms with van der Waals surface area (Å²) in [6.07, 6.45) is 13.1. The Hall–Kier alpha value is -0.903. The Balaban J connectivity index is 1.33. The summed E-state index contributed by atoms with van der Waals surface area (Å²) >= 11 is 0. The van der Waals surface area contributed by atoms with Gasteiger partial charge in [0.15, 0.2) is 6.17 Å². The molecule has 2 fully saturated rings. The fourth-order valence-corrected chi connectivity index (χ4v) is 7.55. The van der Waals surface area contributed by atoms with Gasteiger partial charge in [-0.3, -0.25) is 0 Å². The first-order valence-electron chi connectivity index (χ1n) is 12.1. The maximum absolute atomic E-state index is 12.9. The molecule has 1 aromatic carbocycles. The second kappa shape index (κ2) is 12.1. The summed E-state index contributed by atoms with van der Waals surface area (Å²) in [6, 6.07) is 9.50. The van der Waals surface area contributed by atoms with Crippen LogP contribution in [0.5, 0.6) is 5.75 Å². The number of alkyl halides is 2. The Morgan fingerprint density at radius 1 is 0.931 bits per heavy atom. The van der Waals surface area contributed by atoms with E-state index in [2.05, 4.69) is 19.1 Å². The molecule has 2 aliphatic carbocycles. The first-order valence-corrected chi connectivity index (χ1v) is 13.8. The van der Waals surface area contributed by atoms with Gasteiger partial charge in [0.2, 0.25) is 0 Å². The number of hydrogen-bond donors (Lipinski definition) is 0. The van der Waals surface area contributed by atoms with Gasteiger partial charge in [0.05, 0.1) is 9.52 Å². The molecule has 1 atom stereocenters. The van der Waals surface area contributed by atoms with Gasteiger partial charge in [-0.25, -0.2) is 8.78 Å². The SMILES string of the molecule is CCC[C@H]1CC[C@H]([C@H]2CC[C@H](C[SiH2]c3ccc(OCC(F)CF)cc3)CC2)CC1. The van der Waals surface area contributed by atoms with Gasteiger partial charge >= 0.3 is 0 Å². The van der Waals surface area contributed by atoms with E-state index in [0.717, 1.165) is 23.7 Å². The summed E-state index contributed by atoms with van der Waals surface area (Å²) < 4.78 is 30.4. The summed E-state index contributed by atoms with van der Waals surface area (Å²) in [5.74, 6) is 4.64. The van der Waals surface area contributed by atoms with E-state index < -0.39 is 12.8 Å².